The van der Waals surface area contributed by atoms with Gasteiger partial charge in [-0.15, -0.1) is 0 Å². The Hall–Kier alpha value is -1.76. The van der Waals surface area contributed by atoms with Crippen LogP contribution in [0.3, 0.4) is 0 Å². The van der Waals surface area contributed by atoms with E-state index in [1.165, 1.54) is 0 Å². The molecule has 3 nitrogen and oxygen atoms in total. The first-order valence-corrected chi connectivity index (χ1v) is 6.95. The Balaban J connectivity index is 2.21. The number of rotatable bonds is 5. The van der Waals surface area contributed by atoms with Crippen LogP contribution in [0.25, 0.3) is 0 Å². The molecule has 0 radical (unpaired) electrons. The van der Waals surface area contributed by atoms with Gasteiger partial charge in [-0.2, -0.15) is 0 Å². The van der Waals surface area contributed by atoms with E-state index in [9.17, 15) is 4.79 Å². The van der Waals surface area contributed by atoms with Gasteiger partial charge in [-0.05, 0) is 0 Å². The van der Waals surface area contributed by atoms with Gasteiger partial charge in [-0.25, -0.2) is 0 Å². The monoisotopic (exact) mass is 282 g/mol. The second kappa shape index (κ2) is 7.14. The molecule has 0 aliphatic carbocycles. The molecule has 0 aliphatic heterocycles. The van der Waals surface area contributed by atoms with E-state index in [0.29, 0.717) is 12.2 Å². The third-order valence-corrected chi connectivity index (χ3v) is 3.28. The second-order valence-electron chi connectivity index (χ2n) is 4.39. The number of hydrogen-bond donors (Lipinski definition) is 0. The van der Waals surface area contributed by atoms with Gasteiger partial charge in [0.05, 0.1) is 0 Å². The summed E-state index contributed by atoms with van der Waals surface area (Å²) in [7, 11) is 0. The van der Waals surface area contributed by atoms with Crippen LogP contribution in [0.1, 0.15) is 24.8 Å². The van der Waals surface area contributed by atoms with E-state index in [0.717, 1.165) is 11.3 Å². The molecule has 98 valence electrons. The summed E-state index contributed by atoms with van der Waals surface area (Å²) >= 11 is 2.00. The third-order valence-electron chi connectivity index (χ3n) is 3.05. The van der Waals surface area contributed by atoms with Crippen molar-refractivity contribution in [1.82, 2.24) is 0 Å². The van der Waals surface area contributed by atoms with Crippen LogP contribution in [-0.4, -0.2) is 22.6 Å². The Labute approximate surface area is 127 Å². The Morgan fingerprint density at radius 1 is 1.10 bits per heavy atom. The van der Waals surface area contributed by atoms with E-state index < -0.39 is 0 Å². The summed E-state index contributed by atoms with van der Waals surface area (Å²) in [6, 6.07) is 17.1. The predicted octanol–water partition coefficient (Wildman–Crippen LogP) is 3.60. The molecule has 0 saturated carbocycles. The van der Waals surface area contributed by atoms with Crippen molar-refractivity contribution in [3.05, 3.63) is 60.2 Å². The summed E-state index contributed by atoms with van der Waals surface area (Å²) in [4.78, 5) is 11.7. The molecule has 0 aliphatic rings. The number of carbonyl (C=O) groups is 1. The molecule has 20 heavy (non-hydrogen) atoms. The Bertz CT molecular complexity index is 569. The van der Waals surface area contributed by atoms with Crippen molar-refractivity contribution >= 4 is 22.6 Å². The van der Waals surface area contributed by atoms with Crippen molar-refractivity contribution in [3.8, 4) is 11.5 Å². The molecule has 0 heterocycles. The molecule has 2 aromatic carbocycles. The van der Waals surface area contributed by atoms with Crippen LogP contribution in [0.4, 0.5) is 0 Å². The van der Waals surface area contributed by atoms with E-state index in [1.807, 2.05) is 78.1 Å². The van der Waals surface area contributed by atoms with Crippen LogP contribution in [0.15, 0.2) is 54.6 Å². The van der Waals surface area contributed by atoms with Crippen LogP contribution in [-0.2, 0) is 8.58 Å². The molecule has 2 aromatic rings. The van der Waals surface area contributed by atoms with Crippen molar-refractivity contribution in [3.63, 3.8) is 0 Å². The van der Waals surface area contributed by atoms with Crippen molar-refractivity contribution in [2.24, 2.45) is 0 Å². The average Bonchev–Trinajstić information content (AvgIpc) is 2.49. The molecule has 0 fully saturated rings. The maximum absolute atomic E-state index is 11.7. The van der Waals surface area contributed by atoms with Gasteiger partial charge in [0.2, 0.25) is 0 Å². The number of carbonyl (C=O) groups excluding carboxylic acids is 1. The van der Waals surface area contributed by atoms with Crippen LogP contribution >= 0.6 is 0 Å². The molecule has 1 unspecified atom stereocenters. The fourth-order valence-corrected chi connectivity index (χ4v) is 2.20. The third kappa shape index (κ3) is 3.63. The SMILES string of the molecule is CCC(C(=O)[O][Al+2])c1cccc(Oc2ccccc2)c1. The molecule has 1 atom stereocenters. The first-order chi connectivity index (χ1) is 9.74. The van der Waals surface area contributed by atoms with Gasteiger partial charge >= 0.3 is 127 Å². The quantitative estimate of drug-likeness (QED) is 0.786. The molecule has 0 saturated heterocycles. The number of para-hydroxylation sites is 1. The molecule has 0 amide bonds. The molecular formula is C16H15AlO3+2. The first kappa shape index (κ1) is 14.6. The molecule has 0 spiro atoms. The summed E-state index contributed by atoms with van der Waals surface area (Å²) in [6.45, 7) is 1.96. The molecule has 0 N–H and O–H groups in total. The van der Waals surface area contributed by atoms with E-state index >= 15 is 0 Å². The van der Waals surface area contributed by atoms with Crippen molar-refractivity contribution in [1.29, 1.82) is 0 Å². The van der Waals surface area contributed by atoms with E-state index in [-0.39, 0.29) is 11.9 Å². The first-order valence-electron chi connectivity index (χ1n) is 6.48. The Morgan fingerprint density at radius 3 is 2.45 bits per heavy atom. The summed E-state index contributed by atoms with van der Waals surface area (Å²) in [5.74, 6) is 0.955. The van der Waals surface area contributed by atoms with Crippen LogP contribution < -0.4 is 4.74 Å². The van der Waals surface area contributed by atoms with Gasteiger partial charge in [-0.1, -0.05) is 0 Å². The summed E-state index contributed by atoms with van der Waals surface area (Å²) < 4.78 is 10.5. The van der Waals surface area contributed by atoms with Gasteiger partial charge < -0.3 is 0 Å². The van der Waals surface area contributed by atoms with Gasteiger partial charge in [0, 0.05) is 0 Å². The van der Waals surface area contributed by atoms with E-state index in [4.69, 9.17) is 8.53 Å². The van der Waals surface area contributed by atoms with Gasteiger partial charge in [0.1, 0.15) is 0 Å². The van der Waals surface area contributed by atoms with Crippen molar-refractivity contribution in [2.75, 3.05) is 0 Å². The fraction of sp³-hybridized carbons (Fsp3) is 0.188. The Morgan fingerprint density at radius 2 is 1.80 bits per heavy atom. The molecule has 0 aromatic heterocycles. The number of hydrogen-bond acceptors (Lipinski definition) is 3. The van der Waals surface area contributed by atoms with Gasteiger partial charge in [-0.3, -0.25) is 0 Å². The van der Waals surface area contributed by atoms with Crippen LogP contribution in [0, 0.1) is 0 Å². The summed E-state index contributed by atoms with van der Waals surface area (Å²) in [6.07, 6.45) is 0.683. The van der Waals surface area contributed by atoms with Crippen LogP contribution in [0.5, 0.6) is 11.5 Å². The van der Waals surface area contributed by atoms with Gasteiger partial charge in [0.25, 0.3) is 0 Å². The summed E-state index contributed by atoms with van der Waals surface area (Å²) in [5.41, 5.74) is 0.897. The maximum atomic E-state index is 11.7. The van der Waals surface area contributed by atoms with E-state index in [2.05, 4.69) is 0 Å². The molecule has 2 rings (SSSR count). The molecular weight excluding hydrogens is 267 g/mol. The Kier molecular flexibility index (Phi) is 5.23. The molecule has 0 bridgehead atoms. The topological polar surface area (TPSA) is 35.5 Å². The van der Waals surface area contributed by atoms with E-state index in [1.54, 1.807) is 0 Å². The minimum atomic E-state index is -0.271. The molecule has 4 heteroatoms. The standard InChI is InChI=1S/C16H16O3.Al/c1-2-15(16(17)18)12-7-6-10-14(11-12)19-13-8-4-3-5-9-13;/h3-11,15H,2H2,1H3,(H,17,18);/q;+3/p-1. The summed E-state index contributed by atoms with van der Waals surface area (Å²) in [5, 5.41) is 0. The predicted molar refractivity (Wildman–Crippen MR) is 77.8 cm³/mol. The van der Waals surface area contributed by atoms with Gasteiger partial charge in [0.15, 0.2) is 0 Å². The average molecular weight is 282 g/mol. The zero-order valence-corrected chi connectivity index (χ0v) is 12.4. The number of ether oxygens (including phenoxy) is 1. The fourth-order valence-electron chi connectivity index (χ4n) is 2.04. The van der Waals surface area contributed by atoms with Crippen molar-refractivity contribution in [2.45, 2.75) is 19.3 Å². The zero-order valence-electron chi connectivity index (χ0n) is 11.3. The number of benzene rings is 2. The zero-order chi connectivity index (χ0) is 14.4. The van der Waals surface area contributed by atoms with Crippen LogP contribution in [0.2, 0.25) is 0 Å². The van der Waals surface area contributed by atoms with Crippen molar-refractivity contribution < 1.29 is 13.3 Å². The normalized spacial score (nSPS) is 11.8. The minimum absolute atomic E-state index is 0.255. The second-order valence-corrected chi connectivity index (χ2v) is 4.62.